The van der Waals surface area contributed by atoms with Gasteiger partial charge in [0, 0.05) is 11.6 Å². The van der Waals surface area contributed by atoms with E-state index in [0.29, 0.717) is 23.0 Å². The summed E-state index contributed by atoms with van der Waals surface area (Å²) in [5.41, 5.74) is 1.84. The van der Waals surface area contributed by atoms with Crippen molar-refractivity contribution in [1.29, 1.82) is 0 Å². The van der Waals surface area contributed by atoms with E-state index >= 15 is 0 Å². The van der Waals surface area contributed by atoms with Gasteiger partial charge in [0.1, 0.15) is 5.75 Å². The molecule has 4 nitrogen and oxygen atoms in total. The van der Waals surface area contributed by atoms with E-state index in [-0.39, 0.29) is 6.10 Å². The zero-order valence-electron chi connectivity index (χ0n) is 15.1. The second-order valence-electron chi connectivity index (χ2n) is 5.56. The van der Waals surface area contributed by atoms with E-state index in [1.54, 1.807) is 21.3 Å². The Morgan fingerprint density at radius 2 is 1.46 bits per heavy atom. The number of para-hydroxylation sites is 1. The van der Waals surface area contributed by atoms with E-state index in [0.717, 1.165) is 11.1 Å². The lowest BCUT2D eigenvalue weighted by molar-refractivity contribution is 0.236. The van der Waals surface area contributed by atoms with Crippen LogP contribution >= 0.6 is 0 Å². The molecule has 0 saturated heterocycles. The second kappa shape index (κ2) is 8.30. The minimum atomic E-state index is -0.385. The number of methoxy groups -OCH3 is 3. The zero-order chi connectivity index (χ0) is 18.4. The second-order valence-corrected chi connectivity index (χ2v) is 5.56. The van der Waals surface area contributed by atoms with Crippen LogP contribution in [0.15, 0.2) is 66.7 Å². The van der Waals surface area contributed by atoms with Crippen LogP contribution in [0.25, 0.3) is 0 Å². The maximum Gasteiger partial charge on any atom is 0.203 e. The Hall–Kier alpha value is -3.14. The van der Waals surface area contributed by atoms with Crippen molar-refractivity contribution in [3.8, 4) is 23.0 Å². The lowest BCUT2D eigenvalue weighted by Crippen LogP contribution is -2.12. The maximum absolute atomic E-state index is 6.27. The highest BCUT2D eigenvalue weighted by Gasteiger charge is 2.25. The zero-order valence-corrected chi connectivity index (χ0v) is 15.1. The van der Waals surface area contributed by atoms with E-state index in [9.17, 15) is 0 Å². The molecule has 133 valence electrons. The molecule has 3 aromatic carbocycles. The topological polar surface area (TPSA) is 36.9 Å². The summed E-state index contributed by atoms with van der Waals surface area (Å²) in [5, 5.41) is 0. The molecule has 1 atom stereocenters. The number of rotatable bonds is 7. The maximum atomic E-state index is 6.27. The van der Waals surface area contributed by atoms with Crippen LogP contribution in [0.4, 0.5) is 0 Å². The van der Waals surface area contributed by atoms with Gasteiger partial charge in [0.05, 0.1) is 21.3 Å². The number of ether oxygens (including phenoxy) is 4. The molecule has 0 spiro atoms. The molecule has 0 aliphatic rings. The van der Waals surface area contributed by atoms with Gasteiger partial charge in [0.15, 0.2) is 17.6 Å². The van der Waals surface area contributed by atoms with Crippen LogP contribution in [0.5, 0.6) is 23.0 Å². The summed E-state index contributed by atoms with van der Waals surface area (Å²) >= 11 is 0. The van der Waals surface area contributed by atoms with Crippen molar-refractivity contribution in [2.45, 2.75) is 6.10 Å². The monoisotopic (exact) mass is 349 g/mol. The van der Waals surface area contributed by atoms with Crippen LogP contribution in [0.1, 0.15) is 17.2 Å². The first-order valence-corrected chi connectivity index (χ1v) is 8.25. The fourth-order valence-electron chi connectivity index (χ4n) is 2.85. The summed E-state index contributed by atoms with van der Waals surface area (Å²) in [5.74, 6) is 2.37. The van der Waals surface area contributed by atoms with Gasteiger partial charge >= 0.3 is 0 Å². The summed E-state index contributed by atoms with van der Waals surface area (Å²) in [6, 6.07) is 24.4. The summed E-state index contributed by atoms with van der Waals surface area (Å²) in [4.78, 5) is 0. The average molecular weight is 349 g/mol. The Morgan fingerprint density at radius 1 is 0.731 bits per heavy atom. The fourth-order valence-corrected chi connectivity index (χ4v) is 2.85. The Bertz CT molecular complexity index is 832. The van der Waals surface area contributed by atoms with Crippen LogP contribution in [0.3, 0.4) is 0 Å². The van der Waals surface area contributed by atoms with Crippen molar-refractivity contribution >= 4 is 0 Å². The molecule has 0 aromatic heterocycles. The molecular formula is C22H21O4. The van der Waals surface area contributed by atoms with Gasteiger partial charge in [0.25, 0.3) is 0 Å². The molecule has 0 fully saturated rings. The normalized spacial score (nSPS) is 11.5. The average Bonchev–Trinajstić information content (AvgIpc) is 2.72. The lowest BCUT2D eigenvalue weighted by Gasteiger charge is -2.24. The summed E-state index contributed by atoms with van der Waals surface area (Å²) in [6.07, 6.45) is -0.385. The van der Waals surface area contributed by atoms with Crippen molar-refractivity contribution in [2.75, 3.05) is 21.3 Å². The number of hydrogen-bond acceptors (Lipinski definition) is 4. The number of hydrogen-bond donors (Lipinski definition) is 0. The first-order chi connectivity index (χ1) is 12.8. The molecule has 26 heavy (non-hydrogen) atoms. The quantitative estimate of drug-likeness (QED) is 0.620. The Morgan fingerprint density at radius 3 is 2.08 bits per heavy atom. The third kappa shape index (κ3) is 3.59. The SMILES string of the molecule is COc1ccc(C(Oc2[c]cccc2)c2ccccc2)c(OC)c1OC. The third-order valence-electron chi connectivity index (χ3n) is 4.04. The van der Waals surface area contributed by atoms with Gasteiger partial charge in [-0.25, -0.2) is 0 Å². The molecule has 3 rings (SSSR count). The minimum absolute atomic E-state index is 0.385. The Balaban J connectivity index is 2.13. The molecule has 3 aromatic rings. The largest absolute Gasteiger partial charge is 0.493 e. The molecule has 0 N–H and O–H groups in total. The summed E-state index contributed by atoms with van der Waals surface area (Å²) < 4.78 is 22.8. The smallest absolute Gasteiger partial charge is 0.203 e. The van der Waals surface area contributed by atoms with Crippen LogP contribution in [0.2, 0.25) is 0 Å². The van der Waals surface area contributed by atoms with Crippen molar-refractivity contribution in [2.24, 2.45) is 0 Å². The van der Waals surface area contributed by atoms with Gasteiger partial charge in [-0.2, -0.15) is 0 Å². The molecule has 0 saturated carbocycles. The van der Waals surface area contributed by atoms with Crippen LogP contribution in [0, 0.1) is 6.07 Å². The molecule has 0 aliphatic heterocycles. The fraction of sp³-hybridized carbons (Fsp3) is 0.182. The van der Waals surface area contributed by atoms with E-state index < -0.39 is 0 Å². The highest BCUT2D eigenvalue weighted by molar-refractivity contribution is 5.58. The summed E-state index contributed by atoms with van der Waals surface area (Å²) in [7, 11) is 4.80. The van der Waals surface area contributed by atoms with Gasteiger partial charge in [0.2, 0.25) is 5.75 Å². The number of benzene rings is 3. The van der Waals surface area contributed by atoms with Crippen molar-refractivity contribution < 1.29 is 18.9 Å². The standard InChI is InChI=1S/C22H21O4/c1-23-19-15-14-18(21(24-2)22(19)25-3)20(16-10-6-4-7-11-16)26-17-12-8-5-9-13-17/h4-12,14-15,20H,1-3H3. The van der Waals surface area contributed by atoms with E-state index in [1.807, 2.05) is 66.7 Å². The molecule has 0 bridgehead atoms. The Labute approximate surface area is 153 Å². The lowest BCUT2D eigenvalue weighted by atomic mass is 9.99. The summed E-state index contributed by atoms with van der Waals surface area (Å²) in [6.45, 7) is 0. The van der Waals surface area contributed by atoms with Gasteiger partial charge < -0.3 is 18.9 Å². The van der Waals surface area contributed by atoms with Crippen LogP contribution < -0.4 is 18.9 Å². The molecule has 0 heterocycles. The van der Waals surface area contributed by atoms with Gasteiger partial charge in [-0.1, -0.05) is 48.5 Å². The molecule has 1 unspecified atom stereocenters. The van der Waals surface area contributed by atoms with E-state index in [4.69, 9.17) is 18.9 Å². The first-order valence-electron chi connectivity index (χ1n) is 8.25. The van der Waals surface area contributed by atoms with Crippen molar-refractivity contribution in [3.05, 3.63) is 83.9 Å². The minimum Gasteiger partial charge on any atom is -0.493 e. The molecule has 0 amide bonds. The van der Waals surface area contributed by atoms with E-state index in [1.165, 1.54) is 0 Å². The van der Waals surface area contributed by atoms with Gasteiger partial charge in [-0.15, -0.1) is 0 Å². The molecule has 1 radical (unpaired) electrons. The van der Waals surface area contributed by atoms with Crippen LogP contribution in [-0.2, 0) is 0 Å². The predicted octanol–water partition coefficient (Wildman–Crippen LogP) is 4.68. The van der Waals surface area contributed by atoms with Crippen LogP contribution in [-0.4, -0.2) is 21.3 Å². The Kier molecular flexibility index (Phi) is 5.64. The van der Waals surface area contributed by atoms with Gasteiger partial charge in [-0.3, -0.25) is 0 Å². The molecule has 0 aliphatic carbocycles. The molecular weight excluding hydrogens is 328 g/mol. The highest BCUT2D eigenvalue weighted by atomic mass is 16.5. The first kappa shape index (κ1) is 17.7. The molecule has 4 heteroatoms. The highest BCUT2D eigenvalue weighted by Crippen LogP contribution is 2.44. The van der Waals surface area contributed by atoms with Crippen molar-refractivity contribution in [3.63, 3.8) is 0 Å². The van der Waals surface area contributed by atoms with Gasteiger partial charge in [-0.05, 0) is 23.8 Å². The predicted molar refractivity (Wildman–Crippen MR) is 100 cm³/mol. The van der Waals surface area contributed by atoms with E-state index in [2.05, 4.69) is 6.07 Å². The third-order valence-corrected chi connectivity index (χ3v) is 4.04. The van der Waals surface area contributed by atoms with Crippen molar-refractivity contribution in [1.82, 2.24) is 0 Å².